The quantitative estimate of drug-likeness (QED) is 0.538. The smallest absolute Gasteiger partial charge is 0.336 e. The minimum atomic E-state index is -1.05. The van der Waals surface area contributed by atoms with E-state index in [9.17, 15) is 9.90 Å². The number of pyridine rings is 1. The van der Waals surface area contributed by atoms with Crippen molar-refractivity contribution in [2.45, 2.75) is 0 Å². The molecule has 2 aromatic heterocycles. The number of rotatable bonds is 4. The second kappa shape index (κ2) is 6.74. The number of hydrogen-bond acceptors (Lipinski definition) is 4. The maximum atomic E-state index is 11.9. The van der Waals surface area contributed by atoms with E-state index < -0.39 is 5.97 Å². The molecule has 134 valence electrons. The summed E-state index contributed by atoms with van der Waals surface area (Å²) >= 11 is 5.93. The van der Waals surface area contributed by atoms with Gasteiger partial charge in [0.1, 0.15) is 5.75 Å². The Balaban J connectivity index is 1.94. The van der Waals surface area contributed by atoms with Crippen molar-refractivity contribution in [3.8, 4) is 28.3 Å². The average Bonchev–Trinajstić information content (AvgIpc) is 3.11. The number of halogens is 1. The van der Waals surface area contributed by atoms with Gasteiger partial charge in [0.25, 0.3) is 0 Å². The molecule has 0 fully saturated rings. The van der Waals surface area contributed by atoms with E-state index in [4.69, 9.17) is 16.3 Å². The van der Waals surface area contributed by atoms with Gasteiger partial charge in [-0.15, -0.1) is 0 Å². The van der Waals surface area contributed by atoms with Gasteiger partial charge in [-0.05, 0) is 30.3 Å². The Bertz CT molecular complexity index is 1150. The lowest BCUT2D eigenvalue weighted by Crippen LogP contribution is -2.00. The third-order valence-electron chi connectivity index (χ3n) is 4.25. The lowest BCUT2D eigenvalue weighted by Gasteiger charge is -2.07. The van der Waals surface area contributed by atoms with Crippen LogP contribution in [0.2, 0.25) is 5.02 Å². The normalized spacial score (nSPS) is 10.9. The number of ether oxygens (including phenoxy) is 1. The number of methoxy groups -OCH3 is 1. The fourth-order valence-corrected chi connectivity index (χ4v) is 3.07. The molecule has 0 radical (unpaired) electrons. The summed E-state index contributed by atoms with van der Waals surface area (Å²) in [5, 5.41) is 18.0. The van der Waals surface area contributed by atoms with E-state index in [1.165, 1.54) is 0 Å². The van der Waals surface area contributed by atoms with Gasteiger partial charge in [0.2, 0.25) is 0 Å². The number of fused-ring (bicyclic) bond motifs is 1. The molecule has 0 aliphatic carbocycles. The number of nitrogens with zero attached hydrogens (tertiary/aromatic N) is 2. The molecule has 2 N–H and O–H groups in total. The van der Waals surface area contributed by atoms with Gasteiger partial charge in [0, 0.05) is 16.1 Å². The minimum absolute atomic E-state index is 0.122. The van der Waals surface area contributed by atoms with Crippen molar-refractivity contribution in [1.82, 2.24) is 15.2 Å². The second-order valence-electron chi connectivity index (χ2n) is 5.90. The van der Waals surface area contributed by atoms with Crippen molar-refractivity contribution in [3.63, 3.8) is 0 Å². The first-order valence-corrected chi connectivity index (χ1v) is 8.47. The van der Waals surface area contributed by atoms with E-state index >= 15 is 0 Å². The summed E-state index contributed by atoms with van der Waals surface area (Å²) in [6.45, 7) is 0. The predicted octanol–water partition coefficient (Wildman–Crippen LogP) is 4.65. The standard InChI is InChI=1S/C20H14ClN3O3/c1-27-14-4-2-3-12(9-14)18-17-15(20(25)26)10-16(22-19(17)24-23-18)11-5-7-13(21)8-6-11/h2-10H,1H3,(H,25,26)(H,22,23,24). The fraction of sp³-hybridized carbons (Fsp3) is 0.0500. The molecule has 0 aliphatic rings. The number of nitrogens with one attached hydrogen (secondary N) is 1. The number of aromatic carboxylic acids is 1. The summed E-state index contributed by atoms with van der Waals surface area (Å²) < 4.78 is 5.25. The lowest BCUT2D eigenvalue weighted by molar-refractivity contribution is 0.0699. The van der Waals surface area contributed by atoms with Crippen LogP contribution in [0.3, 0.4) is 0 Å². The molecule has 0 spiro atoms. The molecule has 0 unspecified atom stereocenters. The first-order valence-electron chi connectivity index (χ1n) is 8.09. The summed E-state index contributed by atoms with van der Waals surface area (Å²) in [6, 6.07) is 15.9. The van der Waals surface area contributed by atoms with Gasteiger partial charge in [0.15, 0.2) is 5.65 Å². The Morgan fingerprint density at radius 3 is 2.59 bits per heavy atom. The van der Waals surface area contributed by atoms with Crippen LogP contribution in [-0.4, -0.2) is 33.4 Å². The highest BCUT2D eigenvalue weighted by atomic mass is 35.5. The van der Waals surface area contributed by atoms with Gasteiger partial charge in [-0.3, -0.25) is 5.10 Å². The van der Waals surface area contributed by atoms with Crippen LogP contribution in [0.4, 0.5) is 0 Å². The number of benzene rings is 2. The maximum absolute atomic E-state index is 11.9. The van der Waals surface area contributed by atoms with Crippen LogP contribution in [0.15, 0.2) is 54.6 Å². The van der Waals surface area contributed by atoms with E-state index in [1.54, 1.807) is 37.4 Å². The van der Waals surface area contributed by atoms with Gasteiger partial charge < -0.3 is 9.84 Å². The molecule has 2 aromatic carbocycles. The zero-order chi connectivity index (χ0) is 19.0. The van der Waals surface area contributed by atoms with Gasteiger partial charge in [-0.25, -0.2) is 9.78 Å². The summed E-state index contributed by atoms with van der Waals surface area (Å²) in [5.41, 5.74) is 3.07. The third kappa shape index (κ3) is 3.11. The number of H-pyrrole nitrogens is 1. The number of carbonyl (C=O) groups is 1. The van der Waals surface area contributed by atoms with Crippen molar-refractivity contribution >= 4 is 28.6 Å². The fourth-order valence-electron chi connectivity index (χ4n) is 2.95. The molecule has 4 aromatic rings. The SMILES string of the molecule is COc1cccc(-c2[nH]nc3nc(-c4ccc(Cl)cc4)cc(C(=O)O)c23)c1. The first kappa shape index (κ1) is 17.1. The van der Waals surface area contributed by atoms with Crippen LogP contribution < -0.4 is 4.74 Å². The number of aromatic amines is 1. The van der Waals surface area contributed by atoms with Crippen molar-refractivity contribution in [2.24, 2.45) is 0 Å². The summed E-state index contributed by atoms with van der Waals surface area (Å²) in [7, 11) is 1.58. The molecular formula is C20H14ClN3O3. The highest BCUT2D eigenvalue weighted by molar-refractivity contribution is 6.30. The summed E-state index contributed by atoms with van der Waals surface area (Å²) in [4.78, 5) is 16.5. The number of aromatic nitrogens is 3. The zero-order valence-electron chi connectivity index (χ0n) is 14.2. The largest absolute Gasteiger partial charge is 0.497 e. The van der Waals surface area contributed by atoms with E-state index in [0.717, 1.165) is 11.1 Å². The molecule has 0 saturated heterocycles. The van der Waals surface area contributed by atoms with Crippen molar-refractivity contribution < 1.29 is 14.6 Å². The number of carboxylic acid groups (broad SMARTS) is 1. The van der Waals surface area contributed by atoms with Crippen LogP contribution in [0, 0.1) is 0 Å². The summed E-state index contributed by atoms with van der Waals surface area (Å²) in [5.74, 6) is -0.388. The van der Waals surface area contributed by atoms with E-state index in [-0.39, 0.29) is 5.56 Å². The maximum Gasteiger partial charge on any atom is 0.336 e. The Morgan fingerprint density at radius 1 is 1.11 bits per heavy atom. The molecule has 7 heteroatoms. The Kier molecular flexibility index (Phi) is 4.25. The zero-order valence-corrected chi connectivity index (χ0v) is 15.0. The third-order valence-corrected chi connectivity index (χ3v) is 4.50. The van der Waals surface area contributed by atoms with Gasteiger partial charge >= 0.3 is 5.97 Å². The highest BCUT2D eigenvalue weighted by Gasteiger charge is 2.20. The minimum Gasteiger partial charge on any atom is -0.497 e. The van der Waals surface area contributed by atoms with Crippen LogP contribution in [0.5, 0.6) is 5.75 Å². The number of hydrogen-bond donors (Lipinski definition) is 2. The molecule has 6 nitrogen and oxygen atoms in total. The lowest BCUT2D eigenvalue weighted by atomic mass is 10.0. The monoisotopic (exact) mass is 379 g/mol. The van der Waals surface area contributed by atoms with E-state index in [2.05, 4.69) is 15.2 Å². The van der Waals surface area contributed by atoms with Crippen LogP contribution >= 0.6 is 11.6 Å². The summed E-state index contributed by atoms with van der Waals surface area (Å²) in [6.07, 6.45) is 0. The van der Waals surface area contributed by atoms with Gasteiger partial charge in [-0.2, -0.15) is 5.10 Å². The molecular weight excluding hydrogens is 366 g/mol. The Morgan fingerprint density at radius 2 is 1.89 bits per heavy atom. The topological polar surface area (TPSA) is 88.1 Å². The first-order chi connectivity index (χ1) is 13.1. The molecule has 0 amide bonds. The molecule has 2 heterocycles. The van der Waals surface area contributed by atoms with Gasteiger partial charge in [0.05, 0.1) is 29.4 Å². The Hall–Kier alpha value is -3.38. The Labute approximate surface area is 159 Å². The van der Waals surface area contributed by atoms with Crippen LogP contribution in [-0.2, 0) is 0 Å². The molecule has 4 rings (SSSR count). The number of carboxylic acids is 1. The van der Waals surface area contributed by atoms with E-state index in [0.29, 0.717) is 33.2 Å². The second-order valence-corrected chi connectivity index (χ2v) is 6.33. The molecule has 27 heavy (non-hydrogen) atoms. The van der Waals surface area contributed by atoms with Crippen molar-refractivity contribution in [3.05, 3.63) is 65.2 Å². The van der Waals surface area contributed by atoms with Crippen LogP contribution in [0.25, 0.3) is 33.5 Å². The van der Waals surface area contributed by atoms with Crippen molar-refractivity contribution in [1.29, 1.82) is 0 Å². The van der Waals surface area contributed by atoms with Crippen LogP contribution in [0.1, 0.15) is 10.4 Å². The molecule has 0 aliphatic heterocycles. The van der Waals surface area contributed by atoms with E-state index in [1.807, 2.05) is 24.3 Å². The van der Waals surface area contributed by atoms with Gasteiger partial charge in [-0.1, -0.05) is 35.9 Å². The van der Waals surface area contributed by atoms with Crippen molar-refractivity contribution in [2.75, 3.05) is 7.11 Å². The molecule has 0 bridgehead atoms. The molecule has 0 saturated carbocycles. The molecule has 0 atom stereocenters. The highest BCUT2D eigenvalue weighted by Crippen LogP contribution is 2.33. The predicted molar refractivity (Wildman–Crippen MR) is 103 cm³/mol. The average molecular weight is 380 g/mol.